The molecule has 1 heterocycles. The van der Waals surface area contributed by atoms with Crippen LogP contribution in [-0.4, -0.2) is 20.9 Å². The van der Waals surface area contributed by atoms with Crippen molar-refractivity contribution >= 4 is 22.6 Å². The van der Waals surface area contributed by atoms with Crippen molar-refractivity contribution in [2.45, 2.75) is 19.8 Å². The number of aromatic nitrogens is 3. The average molecular weight is 280 g/mol. The average Bonchev–Trinajstić information content (AvgIpc) is 2.91. The van der Waals surface area contributed by atoms with E-state index in [4.69, 9.17) is 0 Å². The molecule has 3 rings (SSSR count). The van der Waals surface area contributed by atoms with Gasteiger partial charge in [0.15, 0.2) is 0 Å². The van der Waals surface area contributed by atoms with Gasteiger partial charge in [0.05, 0.1) is 5.69 Å². The van der Waals surface area contributed by atoms with Gasteiger partial charge in [0, 0.05) is 12.1 Å². The van der Waals surface area contributed by atoms with Crippen LogP contribution >= 0.6 is 0 Å². The Morgan fingerprint density at radius 2 is 1.86 bits per heavy atom. The van der Waals surface area contributed by atoms with E-state index in [0.717, 1.165) is 28.8 Å². The molecule has 0 unspecified atom stereocenters. The molecule has 1 aromatic heterocycles. The summed E-state index contributed by atoms with van der Waals surface area (Å²) in [4.78, 5) is 13.2. The van der Waals surface area contributed by atoms with E-state index >= 15 is 0 Å². The summed E-state index contributed by atoms with van der Waals surface area (Å²) in [7, 11) is 0. The molecule has 1 amide bonds. The van der Waals surface area contributed by atoms with Gasteiger partial charge in [0.25, 0.3) is 0 Å². The van der Waals surface area contributed by atoms with Gasteiger partial charge in [-0.1, -0.05) is 25.1 Å². The Kier molecular flexibility index (Phi) is 3.64. The molecule has 0 bridgehead atoms. The molecule has 1 N–H and O–H groups in total. The lowest BCUT2D eigenvalue weighted by atomic mass is 10.2. The minimum absolute atomic E-state index is 0.0206. The number of hydrogen-bond acceptors (Lipinski definition) is 3. The molecule has 106 valence electrons. The molecule has 0 fully saturated rings. The van der Waals surface area contributed by atoms with Gasteiger partial charge in [-0.25, -0.2) is 0 Å². The van der Waals surface area contributed by atoms with Gasteiger partial charge in [-0.3, -0.25) is 4.79 Å². The standard InChI is InChI=1S/C16H16N4O/c1-2-6-16(21)17-12-9-10-14-15(11-12)19-20(18-14)13-7-4-3-5-8-13/h3-5,7-11H,2,6H2,1H3,(H,17,21). The summed E-state index contributed by atoms with van der Waals surface area (Å²) < 4.78 is 0. The Morgan fingerprint density at radius 1 is 1.10 bits per heavy atom. The molecule has 0 saturated carbocycles. The van der Waals surface area contributed by atoms with E-state index in [0.29, 0.717) is 6.42 Å². The summed E-state index contributed by atoms with van der Waals surface area (Å²) in [6.45, 7) is 1.98. The molecule has 0 saturated heterocycles. The number of amides is 1. The maximum absolute atomic E-state index is 11.6. The van der Waals surface area contributed by atoms with Crippen molar-refractivity contribution in [3.63, 3.8) is 0 Å². The van der Waals surface area contributed by atoms with Crippen LogP contribution in [0.5, 0.6) is 0 Å². The maximum Gasteiger partial charge on any atom is 0.224 e. The Bertz CT molecular complexity index is 764. The second-order valence-corrected chi connectivity index (χ2v) is 4.83. The number of fused-ring (bicyclic) bond motifs is 1. The molecule has 0 aliphatic rings. The molecule has 0 spiro atoms. The summed E-state index contributed by atoms with van der Waals surface area (Å²) in [5.74, 6) is 0.0206. The van der Waals surface area contributed by atoms with E-state index in [2.05, 4.69) is 15.5 Å². The number of nitrogens with zero attached hydrogens (tertiary/aromatic N) is 3. The third kappa shape index (κ3) is 2.91. The zero-order valence-corrected chi connectivity index (χ0v) is 11.8. The molecule has 2 aromatic carbocycles. The summed E-state index contributed by atoms with van der Waals surface area (Å²) in [5.41, 5.74) is 3.21. The summed E-state index contributed by atoms with van der Waals surface area (Å²) in [5, 5.41) is 11.8. The molecule has 21 heavy (non-hydrogen) atoms. The van der Waals surface area contributed by atoms with E-state index in [-0.39, 0.29) is 5.91 Å². The Labute approximate surface area is 122 Å². The largest absolute Gasteiger partial charge is 0.326 e. The summed E-state index contributed by atoms with van der Waals surface area (Å²) in [6.07, 6.45) is 1.35. The van der Waals surface area contributed by atoms with Gasteiger partial charge in [-0.15, -0.1) is 10.2 Å². The molecule has 0 radical (unpaired) electrons. The van der Waals surface area contributed by atoms with Crippen LogP contribution in [-0.2, 0) is 4.79 Å². The minimum Gasteiger partial charge on any atom is -0.326 e. The number of nitrogens with one attached hydrogen (secondary N) is 1. The van der Waals surface area contributed by atoms with E-state index in [9.17, 15) is 4.79 Å². The fraction of sp³-hybridized carbons (Fsp3) is 0.188. The highest BCUT2D eigenvalue weighted by molar-refractivity contribution is 5.92. The van der Waals surface area contributed by atoms with Crippen LogP contribution in [0.25, 0.3) is 16.7 Å². The monoisotopic (exact) mass is 280 g/mol. The second kappa shape index (κ2) is 5.75. The van der Waals surface area contributed by atoms with Crippen LogP contribution in [0.3, 0.4) is 0 Å². The summed E-state index contributed by atoms with van der Waals surface area (Å²) in [6, 6.07) is 15.3. The van der Waals surface area contributed by atoms with Crippen molar-refractivity contribution in [2.75, 3.05) is 5.32 Å². The number of benzene rings is 2. The van der Waals surface area contributed by atoms with Crippen LogP contribution in [0.2, 0.25) is 0 Å². The van der Waals surface area contributed by atoms with Crippen LogP contribution in [0.15, 0.2) is 48.5 Å². The number of rotatable bonds is 4. The van der Waals surface area contributed by atoms with E-state index < -0.39 is 0 Å². The molecule has 0 aliphatic heterocycles. The van der Waals surface area contributed by atoms with Gasteiger partial charge in [-0.2, -0.15) is 4.80 Å². The lowest BCUT2D eigenvalue weighted by Gasteiger charge is -2.02. The molecular formula is C16H16N4O. The quantitative estimate of drug-likeness (QED) is 0.798. The van der Waals surface area contributed by atoms with E-state index in [1.165, 1.54) is 0 Å². The van der Waals surface area contributed by atoms with Gasteiger partial charge in [-0.05, 0) is 36.8 Å². The van der Waals surface area contributed by atoms with Crippen LogP contribution in [0, 0.1) is 0 Å². The van der Waals surface area contributed by atoms with Gasteiger partial charge >= 0.3 is 0 Å². The predicted octanol–water partition coefficient (Wildman–Crippen LogP) is 3.16. The smallest absolute Gasteiger partial charge is 0.224 e. The Hall–Kier alpha value is -2.69. The number of hydrogen-bond donors (Lipinski definition) is 1. The molecule has 0 atom stereocenters. The molecule has 3 aromatic rings. The van der Waals surface area contributed by atoms with E-state index in [1.54, 1.807) is 4.80 Å². The van der Waals surface area contributed by atoms with Crippen LogP contribution in [0.1, 0.15) is 19.8 Å². The number of para-hydroxylation sites is 1. The highest BCUT2D eigenvalue weighted by Crippen LogP contribution is 2.17. The number of carbonyl (C=O) groups is 1. The second-order valence-electron chi connectivity index (χ2n) is 4.83. The first-order valence-corrected chi connectivity index (χ1v) is 6.98. The van der Waals surface area contributed by atoms with Crippen molar-refractivity contribution in [2.24, 2.45) is 0 Å². The zero-order chi connectivity index (χ0) is 14.7. The molecular weight excluding hydrogens is 264 g/mol. The zero-order valence-electron chi connectivity index (χ0n) is 11.8. The van der Waals surface area contributed by atoms with Gasteiger partial charge in [0.2, 0.25) is 5.91 Å². The first-order chi connectivity index (χ1) is 10.3. The Morgan fingerprint density at radius 3 is 2.62 bits per heavy atom. The first-order valence-electron chi connectivity index (χ1n) is 6.98. The fourth-order valence-electron chi connectivity index (χ4n) is 2.12. The Balaban J connectivity index is 1.90. The molecule has 5 heteroatoms. The first kappa shape index (κ1) is 13.3. The molecule has 0 aliphatic carbocycles. The SMILES string of the molecule is CCCC(=O)Nc1ccc2nn(-c3ccccc3)nc2c1. The van der Waals surface area contributed by atoms with Crippen molar-refractivity contribution in [1.82, 2.24) is 15.0 Å². The number of anilines is 1. The van der Waals surface area contributed by atoms with Crippen molar-refractivity contribution < 1.29 is 4.79 Å². The molecule has 5 nitrogen and oxygen atoms in total. The van der Waals surface area contributed by atoms with Crippen LogP contribution in [0.4, 0.5) is 5.69 Å². The van der Waals surface area contributed by atoms with Gasteiger partial charge < -0.3 is 5.32 Å². The van der Waals surface area contributed by atoms with Crippen LogP contribution < -0.4 is 5.32 Å². The van der Waals surface area contributed by atoms with Gasteiger partial charge in [0.1, 0.15) is 11.0 Å². The number of carbonyl (C=O) groups excluding carboxylic acids is 1. The highest BCUT2D eigenvalue weighted by atomic mass is 16.1. The van der Waals surface area contributed by atoms with Crippen molar-refractivity contribution in [1.29, 1.82) is 0 Å². The third-order valence-electron chi connectivity index (χ3n) is 3.13. The lowest BCUT2D eigenvalue weighted by molar-refractivity contribution is -0.116. The minimum atomic E-state index is 0.0206. The normalized spacial score (nSPS) is 10.7. The highest BCUT2D eigenvalue weighted by Gasteiger charge is 2.07. The fourth-order valence-corrected chi connectivity index (χ4v) is 2.12. The maximum atomic E-state index is 11.6. The van der Waals surface area contributed by atoms with Crippen molar-refractivity contribution in [3.05, 3.63) is 48.5 Å². The summed E-state index contributed by atoms with van der Waals surface area (Å²) >= 11 is 0. The van der Waals surface area contributed by atoms with Crippen molar-refractivity contribution in [3.8, 4) is 5.69 Å². The van der Waals surface area contributed by atoms with E-state index in [1.807, 2.05) is 55.5 Å². The lowest BCUT2D eigenvalue weighted by Crippen LogP contribution is -2.10. The third-order valence-corrected chi connectivity index (χ3v) is 3.13. The predicted molar refractivity (Wildman–Crippen MR) is 82.4 cm³/mol. The topological polar surface area (TPSA) is 59.8 Å².